The molecule has 244 valence electrons. The van der Waals surface area contributed by atoms with Gasteiger partial charge >= 0.3 is 12.1 Å². The number of hydrogen-bond donors (Lipinski definition) is 1. The number of carbonyl (C=O) groups is 4. The third kappa shape index (κ3) is 9.29. The van der Waals surface area contributed by atoms with Crippen molar-refractivity contribution in [2.45, 2.75) is 52.2 Å². The first-order chi connectivity index (χ1) is 22.0. The molecule has 1 saturated heterocycles. The number of nitrogens with zero attached hydrogens (tertiary/aromatic N) is 3. The molecule has 11 heteroatoms. The molecular weight excluding hydrogens is 588 g/mol. The van der Waals surface area contributed by atoms with E-state index in [2.05, 4.69) is 10.3 Å². The highest BCUT2D eigenvalue weighted by Gasteiger charge is 2.32. The molecule has 46 heavy (non-hydrogen) atoms. The molecule has 0 bridgehead atoms. The highest BCUT2D eigenvalue weighted by atomic mass is 16.6. The molecule has 3 amide bonds. The fraction of sp³-hybridized carbons (Fsp3) is 0.400. The van der Waals surface area contributed by atoms with Crippen LogP contribution in [0.15, 0.2) is 66.7 Å². The van der Waals surface area contributed by atoms with Crippen molar-refractivity contribution in [3.63, 3.8) is 0 Å². The predicted octanol–water partition coefficient (Wildman–Crippen LogP) is 4.95. The van der Waals surface area contributed by atoms with Crippen LogP contribution in [0.25, 0.3) is 22.4 Å². The molecule has 2 aromatic carbocycles. The van der Waals surface area contributed by atoms with Gasteiger partial charge in [0.05, 0.1) is 19.4 Å². The summed E-state index contributed by atoms with van der Waals surface area (Å²) in [4.78, 5) is 60.2. The maximum absolute atomic E-state index is 13.8. The normalized spacial score (nSPS) is 13.8. The average molecular weight is 631 g/mol. The molecule has 0 spiro atoms. The van der Waals surface area contributed by atoms with Crippen LogP contribution in [0.4, 0.5) is 4.79 Å². The van der Waals surface area contributed by atoms with Crippen molar-refractivity contribution >= 4 is 23.9 Å². The summed E-state index contributed by atoms with van der Waals surface area (Å²) in [5.41, 5.74) is 2.45. The van der Waals surface area contributed by atoms with Gasteiger partial charge in [0.25, 0.3) is 5.91 Å². The zero-order chi connectivity index (χ0) is 33.3. The number of benzene rings is 2. The first-order valence-electron chi connectivity index (χ1n) is 15.4. The molecule has 2 heterocycles. The van der Waals surface area contributed by atoms with E-state index >= 15 is 0 Å². The summed E-state index contributed by atoms with van der Waals surface area (Å²) in [5, 5.41) is 2.85. The van der Waals surface area contributed by atoms with E-state index in [0.717, 1.165) is 16.7 Å². The minimum absolute atomic E-state index is 0.0291. The number of ether oxygens (including phenoxy) is 3. The van der Waals surface area contributed by atoms with Gasteiger partial charge in [-0.1, -0.05) is 42.5 Å². The number of hydrogen-bond acceptors (Lipinski definition) is 8. The molecule has 4 rings (SSSR count). The minimum Gasteiger partial charge on any atom is -0.497 e. The summed E-state index contributed by atoms with van der Waals surface area (Å²) in [7, 11) is 1.60. The van der Waals surface area contributed by atoms with Crippen LogP contribution in [0.3, 0.4) is 0 Å². The second-order valence-electron chi connectivity index (χ2n) is 11.9. The van der Waals surface area contributed by atoms with E-state index < -0.39 is 29.6 Å². The van der Waals surface area contributed by atoms with Crippen LogP contribution >= 0.6 is 0 Å². The van der Waals surface area contributed by atoms with Gasteiger partial charge in [-0.05, 0) is 69.5 Å². The molecule has 1 aromatic heterocycles. The first kappa shape index (κ1) is 34.0. The van der Waals surface area contributed by atoms with Gasteiger partial charge in [-0.25, -0.2) is 9.78 Å². The Bertz CT molecular complexity index is 1510. The number of aromatic nitrogens is 1. The topological polar surface area (TPSA) is 127 Å². The van der Waals surface area contributed by atoms with Crippen LogP contribution < -0.4 is 10.1 Å². The van der Waals surface area contributed by atoms with E-state index in [1.165, 1.54) is 0 Å². The lowest BCUT2D eigenvalue weighted by atomic mass is 10.0. The number of amides is 3. The Labute approximate surface area is 269 Å². The van der Waals surface area contributed by atoms with Crippen LogP contribution in [0.1, 0.15) is 51.0 Å². The van der Waals surface area contributed by atoms with Crippen molar-refractivity contribution in [2.75, 3.05) is 39.9 Å². The van der Waals surface area contributed by atoms with Gasteiger partial charge in [0, 0.05) is 38.2 Å². The Morgan fingerprint density at radius 3 is 2.13 bits per heavy atom. The molecule has 1 aliphatic heterocycles. The summed E-state index contributed by atoms with van der Waals surface area (Å²) < 4.78 is 15.8. The Morgan fingerprint density at radius 1 is 0.870 bits per heavy atom. The largest absolute Gasteiger partial charge is 0.497 e. The van der Waals surface area contributed by atoms with Crippen LogP contribution in [-0.4, -0.2) is 90.2 Å². The molecule has 1 fully saturated rings. The highest BCUT2D eigenvalue weighted by Crippen LogP contribution is 2.28. The lowest BCUT2D eigenvalue weighted by molar-refractivity contribution is -0.155. The second-order valence-corrected chi connectivity index (χ2v) is 11.9. The molecule has 0 aliphatic carbocycles. The van der Waals surface area contributed by atoms with Crippen molar-refractivity contribution in [3.8, 4) is 28.1 Å². The van der Waals surface area contributed by atoms with Crippen LogP contribution in [0, 0.1) is 0 Å². The Kier molecular flexibility index (Phi) is 11.3. The fourth-order valence-electron chi connectivity index (χ4n) is 5.04. The minimum atomic E-state index is -1.03. The van der Waals surface area contributed by atoms with Crippen molar-refractivity contribution in [3.05, 3.63) is 72.4 Å². The molecule has 0 unspecified atom stereocenters. The average Bonchev–Trinajstić information content (AvgIpc) is 3.05. The second kappa shape index (κ2) is 15.4. The van der Waals surface area contributed by atoms with E-state index in [4.69, 9.17) is 14.2 Å². The van der Waals surface area contributed by atoms with Gasteiger partial charge in [-0.3, -0.25) is 14.4 Å². The zero-order valence-corrected chi connectivity index (χ0v) is 27.1. The van der Waals surface area contributed by atoms with Gasteiger partial charge in [0.1, 0.15) is 23.1 Å². The maximum atomic E-state index is 13.8. The first-order valence-corrected chi connectivity index (χ1v) is 15.4. The molecule has 11 nitrogen and oxygen atoms in total. The molecule has 0 radical (unpaired) electrons. The van der Waals surface area contributed by atoms with Crippen LogP contribution in [0.2, 0.25) is 0 Å². The summed E-state index contributed by atoms with van der Waals surface area (Å²) in [5.74, 6) is -0.679. The van der Waals surface area contributed by atoms with Gasteiger partial charge < -0.3 is 29.3 Å². The predicted molar refractivity (Wildman–Crippen MR) is 173 cm³/mol. The van der Waals surface area contributed by atoms with Crippen molar-refractivity contribution in [1.82, 2.24) is 20.1 Å². The number of methoxy groups -OCH3 is 1. The molecular formula is C35H42N4O7. The maximum Gasteiger partial charge on any atom is 0.409 e. The molecule has 1 N–H and O–H groups in total. The highest BCUT2D eigenvalue weighted by molar-refractivity contribution is 5.98. The monoisotopic (exact) mass is 630 g/mol. The van der Waals surface area contributed by atoms with E-state index in [1.807, 2.05) is 60.7 Å². The molecule has 3 aromatic rings. The fourth-order valence-corrected chi connectivity index (χ4v) is 5.04. The zero-order valence-electron chi connectivity index (χ0n) is 27.1. The lowest BCUT2D eigenvalue weighted by Gasteiger charge is -2.36. The van der Waals surface area contributed by atoms with Crippen molar-refractivity contribution in [2.24, 2.45) is 0 Å². The molecule has 1 aliphatic rings. The van der Waals surface area contributed by atoms with E-state index in [1.54, 1.807) is 50.7 Å². The van der Waals surface area contributed by atoms with Crippen LogP contribution in [0.5, 0.6) is 5.75 Å². The quantitative estimate of drug-likeness (QED) is 0.312. The molecule has 1 atom stereocenters. The van der Waals surface area contributed by atoms with Crippen LogP contribution in [-0.2, 0) is 19.1 Å². The number of carbonyl (C=O) groups excluding carboxylic acids is 4. The Hall–Kier alpha value is -4.93. The van der Waals surface area contributed by atoms with E-state index in [9.17, 15) is 19.2 Å². The number of rotatable bonds is 10. The number of pyridine rings is 1. The Morgan fingerprint density at radius 2 is 1.52 bits per heavy atom. The number of piperazine rings is 1. The lowest BCUT2D eigenvalue weighted by Crippen LogP contribution is -2.56. The van der Waals surface area contributed by atoms with Crippen molar-refractivity contribution < 1.29 is 33.4 Å². The van der Waals surface area contributed by atoms with Gasteiger partial charge in [-0.2, -0.15) is 0 Å². The molecule has 0 saturated carbocycles. The summed E-state index contributed by atoms with van der Waals surface area (Å²) in [6.45, 7) is 8.42. The third-order valence-corrected chi connectivity index (χ3v) is 7.33. The Balaban J connectivity index is 1.60. The summed E-state index contributed by atoms with van der Waals surface area (Å²) >= 11 is 0. The van der Waals surface area contributed by atoms with Gasteiger partial charge in [0.15, 0.2) is 0 Å². The third-order valence-electron chi connectivity index (χ3n) is 7.33. The summed E-state index contributed by atoms with van der Waals surface area (Å²) in [6.07, 6.45) is -0.478. The van der Waals surface area contributed by atoms with E-state index in [-0.39, 0.29) is 44.1 Å². The smallest absolute Gasteiger partial charge is 0.409 e. The SMILES string of the molecule is CCOC(=O)N1CCN(C(=O)[C@H](CCC(=O)OC(C)(C)C)NC(=O)c2cc(-c3ccc(OC)cc3)cc(-c3ccccc3)n2)CC1. The summed E-state index contributed by atoms with van der Waals surface area (Å²) in [6, 6.07) is 19.5. The van der Waals surface area contributed by atoms with Gasteiger partial charge in [0.2, 0.25) is 5.91 Å². The van der Waals surface area contributed by atoms with Crippen molar-refractivity contribution in [1.29, 1.82) is 0 Å². The number of esters is 1. The number of nitrogens with one attached hydrogen (secondary N) is 1. The van der Waals surface area contributed by atoms with Gasteiger partial charge in [-0.15, -0.1) is 0 Å². The van der Waals surface area contributed by atoms with E-state index in [0.29, 0.717) is 24.5 Å². The standard InChI is InChI=1S/C35H42N4O7/c1-6-45-34(43)39-20-18-38(19-21-39)33(42)28(16-17-31(40)46-35(2,3)4)37-32(41)30-23-26(24-12-14-27(44-5)15-13-24)22-29(36-30)25-10-8-7-9-11-25/h7-15,22-23,28H,6,16-21H2,1-5H3,(H,37,41)/t28-/m0/s1.